The van der Waals surface area contributed by atoms with E-state index in [1.54, 1.807) is 18.3 Å². The van der Waals surface area contributed by atoms with Gasteiger partial charge < -0.3 is 10.6 Å². The first-order valence-corrected chi connectivity index (χ1v) is 8.41. The molecule has 24 heavy (non-hydrogen) atoms. The molecule has 0 aliphatic rings. The number of benzene rings is 1. The van der Waals surface area contributed by atoms with Crippen molar-refractivity contribution in [2.45, 2.75) is 26.3 Å². The fraction of sp³-hybridized carbons (Fsp3) is 0.294. The number of hydrogen-bond acceptors (Lipinski definition) is 3. The van der Waals surface area contributed by atoms with Crippen LogP contribution in [0.5, 0.6) is 0 Å². The third kappa shape index (κ3) is 5.91. The van der Waals surface area contributed by atoms with Crippen molar-refractivity contribution < 1.29 is 4.79 Å². The first-order chi connectivity index (χ1) is 11.4. The van der Waals surface area contributed by atoms with Crippen LogP contribution in [0.25, 0.3) is 0 Å². The van der Waals surface area contributed by atoms with Crippen LogP contribution < -0.4 is 16.0 Å². The average Bonchev–Trinajstić information content (AvgIpc) is 2.50. The maximum atomic E-state index is 11.6. The van der Waals surface area contributed by atoms with E-state index in [1.165, 1.54) is 0 Å². The second-order valence-electron chi connectivity index (χ2n) is 5.60. The molecular weight excluding hydrogens is 347 g/mol. The lowest BCUT2D eigenvalue weighted by Gasteiger charge is -2.11. The van der Waals surface area contributed by atoms with E-state index in [9.17, 15) is 4.79 Å². The Morgan fingerprint density at radius 2 is 2.00 bits per heavy atom. The van der Waals surface area contributed by atoms with Gasteiger partial charge in [-0.25, -0.2) is 9.78 Å². The van der Waals surface area contributed by atoms with E-state index in [0.29, 0.717) is 22.4 Å². The third-order valence-electron chi connectivity index (χ3n) is 3.16. The SMILES string of the molecule is CC(C)NC(=O)Nc1ccc(NCCc2ccc(Cl)cc2Cl)cn1. The van der Waals surface area contributed by atoms with Gasteiger partial charge in [0.2, 0.25) is 0 Å². The molecule has 1 heterocycles. The molecular formula is C17H20Cl2N4O. The van der Waals surface area contributed by atoms with Crippen molar-refractivity contribution in [3.63, 3.8) is 0 Å². The maximum absolute atomic E-state index is 11.6. The van der Waals surface area contributed by atoms with Crippen molar-refractivity contribution in [3.8, 4) is 0 Å². The summed E-state index contributed by atoms with van der Waals surface area (Å²) in [6, 6.07) is 8.90. The van der Waals surface area contributed by atoms with Gasteiger partial charge in [-0.2, -0.15) is 0 Å². The van der Waals surface area contributed by atoms with Gasteiger partial charge in [-0.05, 0) is 50.1 Å². The topological polar surface area (TPSA) is 66.1 Å². The van der Waals surface area contributed by atoms with Crippen LogP contribution in [0.15, 0.2) is 36.5 Å². The lowest BCUT2D eigenvalue weighted by Crippen LogP contribution is -2.34. The number of hydrogen-bond donors (Lipinski definition) is 3. The van der Waals surface area contributed by atoms with Crippen LogP contribution in [0.2, 0.25) is 10.0 Å². The smallest absolute Gasteiger partial charge is 0.320 e. The Balaban J connectivity index is 1.82. The number of halogens is 2. The van der Waals surface area contributed by atoms with E-state index in [1.807, 2.05) is 32.0 Å². The molecule has 3 N–H and O–H groups in total. The zero-order valence-corrected chi connectivity index (χ0v) is 15.1. The number of carbonyl (C=O) groups is 1. The zero-order chi connectivity index (χ0) is 17.5. The van der Waals surface area contributed by atoms with Gasteiger partial charge in [0.25, 0.3) is 0 Å². The first kappa shape index (κ1) is 18.4. The summed E-state index contributed by atoms with van der Waals surface area (Å²) in [7, 11) is 0. The summed E-state index contributed by atoms with van der Waals surface area (Å²) in [5.74, 6) is 0.499. The number of nitrogens with zero attached hydrogens (tertiary/aromatic N) is 1. The summed E-state index contributed by atoms with van der Waals surface area (Å²) in [5, 5.41) is 9.98. The molecule has 0 bridgehead atoms. The lowest BCUT2D eigenvalue weighted by molar-refractivity contribution is 0.250. The summed E-state index contributed by atoms with van der Waals surface area (Å²) in [4.78, 5) is 15.8. The Kier molecular flexibility index (Phi) is 6.70. The van der Waals surface area contributed by atoms with Crippen molar-refractivity contribution in [2.75, 3.05) is 17.2 Å². The fourth-order valence-corrected chi connectivity index (χ4v) is 2.56. The molecule has 0 unspecified atom stereocenters. The predicted octanol–water partition coefficient (Wildman–Crippen LogP) is 4.57. The Morgan fingerprint density at radius 3 is 2.62 bits per heavy atom. The number of aromatic nitrogens is 1. The van der Waals surface area contributed by atoms with Crippen molar-refractivity contribution in [1.82, 2.24) is 10.3 Å². The van der Waals surface area contributed by atoms with Gasteiger partial charge in [-0.3, -0.25) is 5.32 Å². The normalized spacial score (nSPS) is 10.5. The molecule has 0 aliphatic carbocycles. The van der Waals surface area contributed by atoms with Crippen molar-refractivity contribution in [2.24, 2.45) is 0 Å². The molecule has 0 saturated heterocycles. The highest BCUT2D eigenvalue weighted by atomic mass is 35.5. The van der Waals surface area contributed by atoms with Crippen LogP contribution in [0.1, 0.15) is 19.4 Å². The minimum atomic E-state index is -0.268. The van der Waals surface area contributed by atoms with Crippen molar-refractivity contribution in [3.05, 3.63) is 52.1 Å². The standard InChI is InChI=1S/C17H20Cl2N4O/c1-11(2)22-17(24)23-16-6-5-14(10-21-16)20-8-7-12-3-4-13(18)9-15(12)19/h3-6,9-11,20H,7-8H2,1-2H3,(H2,21,22,23,24). The molecule has 0 radical (unpaired) electrons. The summed E-state index contributed by atoms with van der Waals surface area (Å²) in [6.07, 6.45) is 2.45. The molecule has 2 rings (SSSR count). The van der Waals surface area contributed by atoms with Crippen LogP contribution in [0, 0.1) is 0 Å². The number of amides is 2. The van der Waals surface area contributed by atoms with Gasteiger partial charge in [0, 0.05) is 22.6 Å². The van der Waals surface area contributed by atoms with Crippen LogP contribution in [-0.2, 0) is 6.42 Å². The quantitative estimate of drug-likeness (QED) is 0.701. The number of nitrogens with one attached hydrogen (secondary N) is 3. The Bertz CT molecular complexity index is 689. The van der Waals surface area contributed by atoms with Gasteiger partial charge >= 0.3 is 6.03 Å². The van der Waals surface area contributed by atoms with E-state index in [4.69, 9.17) is 23.2 Å². The van der Waals surface area contributed by atoms with Crippen LogP contribution >= 0.6 is 23.2 Å². The molecule has 7 heteroatoms. The summed E-state index contributed by atoms with van der Waals surface area (Å²) in [6.45, 7) is 4.50. The number of urea groups is 1. The van der Waals surface area contributed by atoms with Crippen molar-refractivity contribution in [1.29, 1.82) is 0 Å². The number of carbonyl (C=O) groups excluding carboxylic acids is 1. The number of rotatable bonds is 6. The summed E-state index contributed by atoms with van der Waals surface area (Å²) >= 11 is 12.0. The third-order valence-corrected chi connectivity index (χ3v) is 3.75. The van der Waals surface area contributed by atoms with Gasteiger partial charge in [0.15, 0.2) is 0 Å². The van der Waals surface area contributed by atoms with E-state index in [0.717, 1.165) is 17.7 Å². The molecule has 0 aliphatic heterocycles. The lowest BCUT2D eigenvalue weighted by atomic mass is 10.1. The molecule has 2 aromatic rings. The minimum absolute atomic E-state index is 0.0747. The Hall–Kier alpha value is -1.98. The zero-order valence-electron chi connectivity index (χ0n) is 13.6. The molecule has 0 saturated carbocycles. The molecule has 2 amide bonds. The largest absolute Gasteiger partial charge is 0.383 e. The predicted molar refractivity (Wildman–Crippen MR) is 100 cm³/mol. The highest BCUT2D eigenvalue weighted by Gasteiger charge is 2.04. The summed E-state index contributed by atoms with van der Waals surface area (Å²) in [5.41, 5.74) is 1.90. The molecule has 128 valence electrons. The number of anilines is 2. The monoisotopic (exact) mass is 366 g/mol. The number of pyridine rings is 1. The summed E-state index contributed by atoms with van der Waals surface area (Å²) < 4.78 is 0. The molecule has 1 aromatic heterocycles. The average molecular weight is 367 g/mol. The van der Waals surface area contributed by atoms with Gasteiger partial charge in [-0.15, -0.1) is 0 Å². The Morgan fingerprint density at radius 1 is 1.21 bits per heavy atom. The minimum Gasteiger partial charge on any atom is -0.383 e. The van der Waals surface area contributed by atoms with Gasteiger partial charge in [0.1, 0.15) is 5.82 Å². The van der Waals surface area contributed by atoms with Gasteiger partial charge in [0.05, 0.1) is 11.9 Å². The molecule has 0 spiro atoms. The van der Waals surface area contributed by atoms with Crippen LogP contribution in [0.3, 0.4) is 0 Å². The van der Waals surface area contributed by atoms with Crippen molar-refractivity contribution >= 4 is 40.7 Å². The molecule has 0 atom stereocenters. The maximum Gasteiger partial charge on any atom is 0.320 e. The second kappa shape index (κ2) is 8.76. The second-order valence-corrected chi connectivity index (χ2v) is 6.44. The fourth-order valence-electron chi connectivity index (χ4n) is 2.05. The first-order valence-electron chi connectivity index (χ1n) is 7.65. The molecule has 0 fully saturated rings. The highest BCUT2D eigenvalue weighted by molar-refractivity contribution is 6.35. The van der Waals surface area contributed by atoms with E-state index >= 15 is 0 Å². The van der Waals surface area contributed by atoms with Crippen LogP contribution in [-0.4, -0.2) is 23.6 Å². The van der Waals surface area contributed by atoms with E-state index in [-0.39, 0.29) is 12.1 Å². The molecule has 1 aromatic carbocycles. The highest BCUT2D eigenvalue weighted by Crippen LogP contribution is 2.21. The molecule has 5 nitrogen and oxygen atoms in total. The van der Waals surface area contributed by atoms with Gasteiger partial charge in [-0.1, -0.05) is 29.3 Å². The van der Waals surface area contributed by atoms with E-state index in [2.05, 4.69) is 20.9 Å². The van der Waals surface area contributed by atoms with E-state index < -0.39 is 0 Å². The van der Waals surface area contributed by atoms with Crippen LogP contribution in [0.4, 0.5) is 16.3 Å². The Labute approximate surface area is 151 Å².